The maximum atomic E-state index is 12.2. The van der Waals surface area contributed by atoms with Gasteiger partial charge in [-0.25, -0.2) is 4.99 Å². The molecule has 0 spiro atoms. The fraction of sp³-hybridized carbons (Fsp3) is 0.826. The van der Waals surface area contributed by atoms with E-state index in [1.165, 1.54) is 14.0 Å². The van der Waals surface area contributed by atoms with E-state index in [0.717, 1.165) is 18.2 Å². The summed E-state index contributed by atoms with van der Waals surface area (Å²) in [7, 11) is 1.27. The van der Waals surface area contributed by atoms with E-state index in [1.54, 1.807) is 0 Å². The molecule has 1 saturated carbocycles. The molecule has 3 fully saturated rings. The minimum Gasteiger partial charge on any atom is -0.394 e. The summed E-state index contributed by atoms with van der Waals surface area (Å²) < 4.78 is 23.1. The molecule has 3 aliphatic rings. The van der Waals surface area contributed by atoms with Crippen molar-refractivity contribution in [2.75, 3.05) is 13.7 Å². The average molecular weight is 609 g/mol. The van der Waals surface area contributed by atoms with Crippen LogP contribution in [0.3, 0.4) is 0 Å². The highest BCUT2D eigenvalue weighted by molar-refractivity contribution is 5.76. The van der Waals surface area contributed by atoms with Gasteiger partial charge in [-0.2, -0.15) is 0 Å². The number of aliphatic imine (C=N–C) groups is 2. The highest BCUT2D eigenvalue weighted by atomic mass is 16.8. The van der Waals surface area contributed by atoms with E-state index < -0.39 is 110 Å². The molecule has 0 radical (unpaired) electrons. The molecule has 19 nitrogen and oxygen atoms in total. The van der Waals surface area contributed by atoms with Gasteiger partial charge in [0.25, 0.3) is 0 Å². The second kappa shape index (κ2) is 13.4. The Morgan fingerprint density at radius 3 is 2.17 bits per heavy atom. The van der Waals surface area contributed by atoms with Gasteiger partial charge in [-0.15, -0.1) is 0 Å². The molecule has 0 aromatic carbocycles. The topological polar surface area (TPSA) is 319 Å². The number of rotatable bonds is 9. The largest absolute Gasteiger partial charge is 0.394 e. The highest BCUT2D eigenvalue weighted by Crippen LogP contribution is 2.39. The number of carbonyl (C=O) groups is 2. The molecule has 2 saturated heterocycles. The van der Waals surface area contributed by atoms with Crippen molar-refractivity contribution < 1.29 is 64.3 Å². The standard InChI is InChI=1S/C23H40N6O13/c1-7-23(38,5-31)19(42-20-12(29(3)8(2)32)16(36)13(33)9(4-30)40-20)21(39-7)41-18-11(28-22(25)26)14(34)10(27-6-24)15(35)17(18)37/h5-7,9-21,30,33-38H,4H2,1-3H3,(H2,24,27)(H4,25,26,28)/t7-,9-,10+,11-,12-,13-,14-,15-,16-,17+,18+,19-,20-,21+,23+/m0/s1. The van der Waals surface area contributed by atoms with Gasteiger partial charge in [0.05, 0.1) is 19.0 Å². The minimum atomic E-state index is -2.46. The van der Waals surface area contributed by atoms with E-state index in [-0.39, 0.29) is 6.29 Å². The smallest absolute Gasteiger partial charge is 0.219 e. The number of hydrogen-bond acceptors (Lipinski definition) is 15. The van der Waals surface area contributed by atoms with Gasteiger partial charge in [-0.05, 0) is 6.92 Å². The zero-order chi connectivity index (χ0) is 31.7. The van der Waals surface area contributed by atoms with Crippen LogP contribution in [-0.4, -0.2) is 170 Å². The molecule has 19 heteroatoms. The van der Waals surface area contributed by atoms with Gasteiger partial charge in [-0.1, -0.05) is 0 Å². The van der Waals surface area contributed by atoms with Gasteiger partial charge in [0.2, 0.25) is 5.91 Å². The summed E-state index contributed by atoms with van der Waals surface area (Å²) in [6.45, 7) is 1.68. The number of hydrogen-bond donors (Lipinski definition) is 10. The van der Waals surface area contributed by atoms with Crippen LogP contribution < -0.4 is 17.2 Å². The van der Waals surface area contributed by atoms with Crippen LogP contribution in [0.4, 0.5) is 0 Å². The van der Waals surface area contributed by atoms with Gasteiger partial charge >= 0.3 is 0 Å². The van der Waals surface area contributed by atoms with Gasteiger partial charge < -0.3 is 76.8 Å². The average Bonchev–Trinajstić information content (AvgIpc) is 3.17. The van der Waals surface area contributed by atoms with Crippen LogP contribution in [0, 0.1) is 0 Å². The number of likely N-dealkylation sites (N-methyl/N-ethyl adjacent to an activating group) is 1. The van der Waals surface area contributed by atoms with E-state index in [9.17, 15) is 45.3 Å². The second-order valence-electron chi connectivity index (χ2n) is 10.4. The highest BCUT2D eigenvalue weighted by Gasteiger charge is 2.61. The lowest BCUT2D eigenvalue weighted by atomic mass is 9.81. The van der Waals surface area contributed by atoms with E-state index in [2.05, 4.69) is 9.98 Å². The van der Waals surface area contributed by atoms with Crippen LogP contribution in [0.5, 0.6) is 0 Å². The Bertz CT molecular complexity index is 1020. The number of ether oxygens (including phenoxy) is 4. The molecule has 0 unspecified atom stereocenters. The molecule has 15 atom stereocenters. The lowest BCUT2D eigenvalue weighted by Gasteiger charge is -2.47. The van der Waals surface area contributed by atoms with Crippen molar-refractivity contribution in [2.45, 2.75) is 105 Å². The Balaban J connectivity index is 2.01. The summed E-state index contributed by atoms with van der Waals surface area (Å²) in [5.41, 5.74) is 13.9. The number of carbonyl (C=O) groups excluding carboxylic acids is 2. The molecule has 3 rings (SSSR count). The Morgan fingerprint density at radius 2 is 1.64 bits per heavy atom. The van der Waals surface area contributed by atoms with Crippen molar-refractivity contribution in [2.24, 2.45) is 27.2 Å². The van der Waals surface area contributed by atoms with Crippen LogP contribution in [0.1, 0.15) is 13.8 Å². The van der Waals surface area contributed by atoms with E-state index in [0.29, 0.717) is 0 Å². The van der Waals surface area contributed by atoms with Gasteiger partial charge in [-0.3, -0.25) is 14.6 Å². The van der Waals surface area contributed by atoms with Crippen molar-refractivity contribution in [1.82, 2.24) is 4.90 Å². The molecule has 2 heterocycles. The number of aliphatic hydroxyl groups is 7. The summed E-state index contributed by atoms with van der Waals surface area (Å²) in [5, 5.41) is 74.6. The van der Waals surface area contributed by atoms with E-state index in [4.69, 9.17) is 36.1 Å². The van der Waals surface area contributed by atoms with Gasteiger partial charge in [0.15, 0.2) is 30.4 Å². The molecule has 0 aromatic rings. The molecule has 240 valence electrons. The number of nitrogens with zero attached hydrogens (tertiary/aromatic N) is 3. The Hall–Kier alpha value is -2.56. The van der Waals surface area contributed by atoms with Crippen LogP contribution in [0.25, 0.3) is 0 Å². The summed E-state index contributed by atoms with van der Waals surface area (Å²) in [6.07, 6.45) is -17.3. The first-order chi connectivity index (χ1) is 19.6. The second-order valence-corrected chi connectivity index (χ2v) is 10.4. The number of aliphatic hydroxyl groups excluding tert-OH is 6. The third kappa shape index (κ3) is 6.21. The number of nitrogens with two attached hydrogens (primary N) is 3. The zero-order valence-corrected chi connectivity index (χ0v) is 23.1. The molecule has 42 heavy (non-hydrogen) atoms. The maximum absolute atomic E-state index is 12.2. The first-order valence-corrected chi connectivity index (χ1v) is 13.0. The van der Waals surface area contributed by atoms with Crippen molar-refractivity contribution in [3.05, 3.63) is 0 Å². The number of amides is 1. The third-order valence-electron chi connectivity index (χ3n) is 7.87. The Morgan fingerprint density at radius 1 is 1.00 bits per heavy atom. The van der Waals surface area contributed by atoms with Crippen LogP contribution in [0.2, 0.25) is 0 Å². The minimum absolute atomic E-state index is 0.105. The van der Waals surface area contributed by atoms with Crippen LogP contribution in [0.15, 0.2) is 9.98 Å². The molecule has 13 N–H and O–H groups in total. The third-order valence-corrected chi connectivity index (χ3v) is 7.87. The first-order valence-electron chi connectivity index (χ1n) is 13.0. The molecular weight excluding hydrogens is 568 g/mol. The molecule has 2 aliphatic heterocycles. The van der Waals surface area contributed by atoms with Crippen molar-refractivity contribution in [3.63, 3.8) is 0 Å². The lowest BCUT2D eigenvalue weighted by molar-refractivity contribution is -0.322. The van der Waals surface area contributed by atoms with Crippen molar-refractivity contribution in [3.8, 4) is 0 Å². The van der Waals surface area contributed by atoms with Crippen molar-refractivity contribution >= 4 is 24.5 Å². The van der Waals surface area contributed by atoms with Crippen molar-refractivity contribution in [1.29, 1.82) is 0 Å². The van der Waals surface area contributed by atoms with Gasteiger partial charge in [0, 0.05) is 14.0 Å². The first kappa shape index (κ1) is 33.9. The summed E-state index contributed by atoms with van der Waals surface area (Å²) in [6, 6.07) is -4.27. The normalized spacial score (nSPS) is 46.0. The number of aldehydes is 1. The molecular formula is C23H40N6O13. The molecule has 0 bridgehead atoms. The predicted octanol–water partition coefficient (Wildman–Crippen LogP) is -7.19. The molecule has 0 aromatic heterocycles. The SMILES string of the molecule is CC(=O)N(C)[C@@H]1[C@H](O[C@H]2[C@@H](O[C@H]3[C@H](O)[C@@H](O)[C@H](N=CN)[C@H](O)[C@@H]3N=C(N)N)O[C@@H](C)[C@]2(O)C=O)O[C@@H](CO)[C@H](O)[C@H]1O. The molecule has 1 aliphatic carbocycles. The van der Waals surface area contributed by atoms with Crippen LogP contribution in [-0.2, 0) is 28.5 Å². The monoisotopic (exact) mass is 608 g/mol. The number of guanidine groups is 1. The Kier molecular flexibility index (Phi) is 10.8. The predicted molar refractivity (Wildman–Crippen MR) is 139 cm³/mol. The fourth-order valence-corrected chi connectivity index (χ4v) is 5.33. The van der Waals surface area contributed by atoms with Crippen LogP contribution >= 0.6 is 0 Å². The lowest BCUT2D eigenvalue weighted by Crippen LogP contribution is -2.67. The summed E-state index contributed by atoms with van der Waals surface area (Å²) in [4.78, 5) is 33.0. The maximum Gasteiger partial charge on any atom is 0.219 e. The zero-order valence-electron chi connectivity index (χ0n) is 23.1. The summed E-state index contributed by atoms with van der Waals surface area (Å²) >= 11 is 0. The summed E-state index contributed by atoms with van der Waals surface area (Å²) in [5.74, 6) is -1.11. The quantitative estimate of drug-likeness (QED) is 0.0660. The van der Waals surface area contributed by atoms with Gasteiger partial charge in [0.1, 0.15) is 67.0 Å². The van der Waals surface area contributed by atoms with E-state index in [1.807, 2.05) is 0 Å². The Labute approximate surface area is 240 Å². The fourth-order valence-electron chi connectivity index (χ4n) is 5.33. The molecule has 1 amide bonds. The van der Waals surface area contributed by atoms with E-state index >= 15 is 0 Å².